The Morgan fingerprint density at radius 1 is 1.47 bits per heavy atom. The zero-order chi connectivity index (χ0) is 13.1. The Kier molecular flexibility index (Phi) is 4.80. The summed E-state index contributed by atoms with van der Waals surface area (Å²) < 4.78 is 36.1. The van der Waals surface area contributed by atoms with Crippen molar-refractivity contribution >= 4 is 5.91 Å². The Hall–Kier alpha value is -0.780. The zero-order valence-electron chi connectivity index (χ0n) is 10.2. The van der Waals surface area contributed by atoms with E-state index in [0.717, 1.165) is 6.54 Å². The van der Waals surface area contributed by atoms with Crippen LogP contribution in [0.3, 0.4) is 0 Å². The number of alkyl halides is 3. The summed E-state index contributed by atoms with van der Waals surface area (Å²) >= 11 is 0. The molecule has 0 aromatic rings. The van der Waals surface area contributed by atoms with Crippen LogP contribution in [-0.4, -0.2) is 43.2 Å². The highest BCUT2D eigenvalue weighted by Crippen LogP contribution is 2.22. The first-order valence-electron chi connectivity index (χ1n) is 5.84. The van der Waals surface area contributed by atoms with Gasteiger partial charge in [0.25, 0.3) is 0 Å². The SMILES string of the molecule is CC1CC(C(=O)N(C)CCC(F)(F)F)CCN1. The summed E-state index contributed by atoms with van der Waals surface area (Å²) in [6.07, 6.45) is -3.72. The summed E-state index contributed by atoms with van der Waals surface area (Å²) in [4.78, 5) is 13.1. The zero-order valence-corrected chi connectivity index (χ0v) is 10.2. The van der Waals surface area contributed by atoms with Crippen molar-refractivity contribution in [1.82, 2.24) is 10.2 Å². The molecule has 100 valence electrons. The average molecular weight is 252 g/mol. The summed E-state index contributed by atoms with van der Waals surface area (Å²) in [5, 5.41) is 3.21. The molecule has 1 fully saturated rings. The standard InChI is InChI=1S/C11H19F3N2O/c1-8-7-9(3-5-15-8)10(17)16(2)6-4-11(12,13)14/h8-9,15H,3-7H2,1-2H3. The van der Waals surface area contributed by atoms with E-state index in [0.29, 0.717) is 12.8 Å². The van der Waals surface area contributed by atoms with E-state index in [2.05, 4.69) is 5.32 Å². The van der Waals surface area contributed by atoms with E-state index in [1.165, 1.54) is 11.9 Å². The second kappa shape index (κ2) is 5.71. The molecule has 0 spiro atoms. The Bertz CT molecular complexity index is 268. The van der Waals surface area contributed by atoms with Crippen molar-refractivity contribution in [2.45, 2.75) is 38.4 Å². The quantitative estimate of drug-likeness (QED) is 0.830. The van der Waals surface area contributed by atoms with Crippen LogP contribution in [0.25, 0.3) is 0 Å². The second-order valence-electron chi connectivity index (χ2n) is 4.70. The molecular weight excluding hydrogens is 233 g/mol. The van der Waals surface area contributed by atoms with Crippen molar-refractivity contribution in [2.24, 2.45) is 5.92 Å². The molecule has 3 nitrogen and oxygen atoms in total. The van der Waals surface area contributed by atoms with Gasteiger partial charge in [-0.15, -0.1) is 0 Å². The van der Waals surface area contributed by atoms with Gasteiger partial charge in [0.15, 0.2) is 0 Å². The number of nitrogens with one attached hydrogen (secondary N) is 1. The second-order valence-corrected chi connectivity index (χ2v) is 4.70. The molecule has 2 atom stereocenters. The van der Waals surface area contributed by atoms with Crippen LogP contribution >= 0.6 is 0 Å². The maximum absolute atomic E-state index is 12.0. The van der Waals surface area contributed by atoms with Gasteiger partial charge in [0.05, 0.1) is 6.42 Å². The molecular formula is C11H19F3N2O. The van der Waals surface area contributed by atoms with Crippen LogP contribution in [0.1, 0.15) is 26.2 Å². The summed E-state index contributed by atoms with van der Waals surface area (Å²) in [7, 11) is 1.45. The number of nitrogens with zero attached hydrogens (tertiary/aromatic N) is 1. The highest BCUT2D eigenvalue weighted by molar-refractivity contribution is 5.78. The van der Waals surface area contributed by atoms with Gasteiger partial charge in [0.2, 0.25) is 5.91 Å². The van der Waals surface area contributed by atoms with Crippen molar-refractivity contribution in [3.8, 4) is 0 Å². The number of rotatable bonds is 3. The van der Waals surface area contributed by atoms with Crippen LogP contribution < -0.4 is 5.32 Å². The van der Waals surface area contributed by atoms with Crippen molar-refractivity contribution in [3.05, 3.63) is 0 Å². The molecule has 1 aliphatic heterocycles. The van der Waals surface area contributed by atoms with Crippen molar-refractivity contribution < 1.29 is 18.0 Å². The van der Waals surface area contributed by atoms with E-state index in [4.69, 9.17) is 0 Å². The van der Waals surface area contributed by atoms with Gasteiger partial charge < -0.3 is 10.2 Å². The Balaban J connectivity index is 2.40. The third kappa shape index (κ3) is 4.93. The fourth-order valence-electron chi connectivity index (χ4n) is 2.07. The van der Waals surface area contributed by atoms with Gasteiger partial charge in [0.1, 0.15) is 0 Å². The molecule has 6 heteroatoms. The lowest BCUT2D eigenvalue weighted by Gasteiger charge is -2.30. The van der Waals surface area contributed by atoms with Gasteiger partial charge in [-0.3, -0.25) is 4.79 Å². The molecule has 2 unspecified atom stereocenters. The van der Waals surface area contributed by atoms with Gasteiger partial charge in [0, 0.05) is 25.6 Å². The molecule has 1 N–H and O–H groups in total. The fraction of sp³-hybridized carbons (Fsp3) is 0.909. The van der Waals surface area contributed by atoms with Crippen molar-refractivity contribution in [1.29, 1.82) is 0 Å². The highest BCUT2D eigenvalue weighted by Gasteiger charge is 2.31. The van der Waals surface area contributed by atoms with Gasteiger partial charge >= 0.3 is 6.18 Å². The minimum atomic E-state index is -4.20. The smallest absolute Gasteiger partial charge is 0.345 e. The molecule has 0 aliphatic carbocycles. The van der Waals surface area contributed by atoms with E-state index >= 15 is 0 Å². The third-order valence-corrected chi connectivity index (χ3v) is 3.08. The average Bonchev–Trinajstić information content (AvgIpc) is 2.24. The van der Waals surface area contributed by atoms with E-state index in [-0.39, 0.29) is 24.4 Å². The molecule has 1 heterocycles. The number of carbonyl (C=O) groups excluding carboxylic acids is 1. The lowest BCUT2D eigenvalue weighted by atomic mass is 9.92. The summed E-state index contributed by atoms with van der Waals surface area (Å²) in [6.45, 7) is 2.49. The maximum atomic E-state index is 12.0. The minimum absolute atomic E-state index is 0.135. The van der Waals surface area contributed by atoms with Crippen molar-refractivity contribution in [3.63, 3.8) is 0 Å². The Morgan fingerprint density at radius 2 is 2.12 bits per heavy atom. The predicted octanol–water partition coefficient (Wildman–Crippen LogP) is 1.79. The first-order chi connectivity index (χ1) is 7.79. The van der Waals surface area contributed by atoms with Crippen LogP contribution in [-0.2, 0) is 4.79 Å². The normalized spacial score (nSPS) is 25.7. The van der Waals surface area contributed by atoms with Crippen LogP contribution in [0.2, 0.25) is 0 Å². The number of hydrogen-bond donors (Lipinski definition) is 1. The number of piperidine rings is 1. The monoisotopic (exact) mass is 252 g/mol. The van der Waals surface area contributed by atoms with E-state index < -0.39 is 12.6 Å². The predicted molar refractivity (Wildman–Crippen MR) is 58.5 cm³/mol. The lowest BCUT2D eigenvalue weighted by molar-refractivity contribution is -0.146. The van der Waals surface area contributed by atoms with Gasteiger partial charge in [-0.2, -0.15) is 13.2 Å². The van der Waals surface area contributed by atoms with Gasteiger partial charge in [-0.1, -0.05) is 0 Å². The first kappa shape index (κ1) is 14.3. The summed E-state index contributed by atoms with van der Waals surface area (Å²) in [6, 6.07) is 0.258. The largest absolute Gasteiger partial charge is 0.390 e. The highest BCUT2D eigenvalue weighted by atomic mass is 19.4. The van der Waals surface area contributed by atoms with E-state index in [1.54, 1.807) is 0 Å². The molecule has 0 aromatic heterocycles. The van der Waals surface area contributed by atoms with Crippen LogP contribution in [0.4, 0.5) is 13.2 Å². The Morgan fingerprint density at radius 3 is 2.65 bits per heavy atom. The fourth-order valence-corrected chi connectivity index (χ4v) is 2.07. The lowest BCUT2D eigenvalue weighted by Crippen LogP contribution is -2.43. The number of hydrogen-bond acceptors (Lipinski definition) is 2. The van der Waals surface area contributed by atoms with Crippen LogP contribution in [0, 0.1) is 5.92 Å². The molecule has 0 saturated carbocycles. The first-order valence-corrected chi connectivity index (χ1v) is 5.84. The van der Waals surface area contributed by atoms with E-state index in [9.17, 15) is 18.0 Å². The molecule has 1 amide bonds. The van der Waals surface area contributed by atoms with Gasteiger partial charge in [-0.05, 0) is 26.3 Å². The van der Waals surface area contributed by atoms with Crippen molar-refractivity contribution in [2.75, 3.05) is 20.1 Å². The summed E-state index contributed by atoms with van der Waals surface area (Å²) in [5.41, 5.74) is 0. The van der Waals surface area contributed by atoms with Gasteiger partial charge in [-0.25, -0.2) is 0 Å². The molecule has 1 saturated heterocycles. The van der Waals surface area contributed by atoms with Crippen LogP contribution in [0.5, 0.6) is 0 Å². The maximum Gasteiger partial charge on any atom is 0.390 e. The molecule has 1 rings (SSSR count). The number of amides is 1. The molecule has 0 radical (unpaired) electrons. The summed E-state index contributed by atoms with van der Waals surface area (Å²) in [5.74, 6) is -0.299. The number of halogens is 3. The third-order valence-electron chi connectivity index (χ3n) is 3.08. The van der Waals surface area contributed by atoms with E-state index in [1.807, 2.05) is 6.92 Å². The molecule has 1 aliphatic rings. The molecule has 0 aromatic carbocycles. The topological polar surface area (TPSA) is 32.3 Å². The van der Waals surface area contributed by atoms with Crippen LogP contribution in [0.15, 0.2) is 0 Å². The molecule has 17 heavy (non-hydrogen) atoms. The minimum Gasteiger partial charge on any atom is -0.345 e. The molecule has 0 bridgehead atoms. The Labute approximate surface area is 99.4 Å². The number of carbonyl (C=O) groups is 1.